The number of nitrogens with zero attached hydrogens (tertiary/aromatic N) is 2. The number of anilines is 1. The summed E-state index contributed by atoms with van der Waals surface area (Å²) in [6.07, 6.45) is -7.58. The van der Waals surface area contributed by atoms with E-state index in [2.05, 4.69) is 22.0 Å². The molecule has 0 spiro atoms. The molecule has 0 saturated carbocycles. The Morgan fingerprint density at radius 3 is 2.22 bits per heavy atom. The lowest BCUT2D eigenvalue weighted by molar-refractivity contribution is -0.140. The third kappa shape index (κ3) is 7.88. The third-order valence-electron chi connectivity index (χ3n) is 5.39. The lowest BCUT2D eigenvalue weighted by atomic mass is 9.94. The lowest BCUT2D eigenvalue weighted by Gasteiger charge is -2.20. The molecule has 0 fully saturated rings. The molecule has 2 N–H and O–H groups in total. The van der Waals surface area contributed by atoms with Crippen molar-refractivity contribution in [1.82, 2.24) is 15.4 Å². The molecule has 3 rings (SSSR count). The second-order valence-corrected chi connectivity index (χ2v) is 8.97. The van der Waals surface area contributed by atoms with Gasteiger partial charge in [-0.05, 0) is 48.9 Å². The average Bonchev–Trinajstić information content (AvgIpc) is 2.89. The van der Waals surface area contributed by atoms with Gasteiger partial charge in [0.15, 0.2) is 0 Å². The Morgan fingerprint density at radius 1 is 1.07 bits per heavy atom. The van der Waals surface area contributed by atoms with Crippen LogP contribution in [0.1, 0.15) is 45.5 Å². The van der Waals surface area contributed by atoms with Crippen molar-refractivity contribution in [3.8, 4) is 0 Å². The van der Waals surface area contributed by atoms with Crippen LogP contribution in [0.25, 0.3) is 11.6 Å². The Balaban J connectivity index is 2.00. The number of carbonyl (C=O) groups excluding carboxylic acids is 1. The van der Waals surface area contributed by atoms with E-state index < -0.39 is 52.3 Å². The van der Waals surface area contributed by atoms with Crippen molar-refractivity contribution in [2.24, 2.45) is 0 Å². The van der Waals surface area contributed by atoms with E-state index in [0.29, 0.717) is 6.07 Å². The summed E-state index contributed by atoms with van der Waals surface area (Å²) in [5.74, 6) is -5.72. The number of amides is 1. The van der Waals surface area contributed by atoms with Crippen LogP contribution in [0.4, 0.5) is 36.7 Å². The van der Waals surface area contributed by atoms with Crippen LogP contribution in [-0.2, 0) is 10.9 Å². The normalized spacial score (nSPS) is 13.0. The molecule has 0 radical (unpaired) electrons. The fourth-order valence-corrected chi connectivity index (χ4v) is 4.29. The Bertz CT molecular complexity index is 1440. The molecular weight excluding hydrogens is 604 g/mol. The molecule has 3 aromatic rings. The zero-order valence-corrected chi connectivity index (χ0v) is 22.3. The fraction of sp³-hybridized carbons (Fsp3) is 0.192. The van der Waals surface area contributed by atoms with Crippen LogP contribution in [0.3, 0.4) is 0 Å². The standard InChI is InChI=1S/C26H19Cl2F7N4O2/c1-3-41-13(2)22-19(27)10-15(11-20(22)28)17(25(30,31)32)12-21(29)14-5-6-16(18(9-14)26(33,34)35)23(40)38-39-24-36-7-4-8-37-24/h4-12,17H,2-3H2,1H3,(H,38,40)(H,36,37,39). The van der Waals surface area contributed by atoms with Crippen molar-refractivity contribution < 1.29 is 40.3 Å². The molecule has 41 heavy (non-hydrogen) atoms. The van der Waals surface area contributed by atoms with Gasteiger partial charge in [-0.1, -0.05) is 35.8 Å². The van der Waals surface area contributed by atoms with Gasteiger partial charge < -0.3 is 4.74 Å². The minimum absolute atomic E-state index is 0.00497. The summed E-state index contributed by atoms with van der Waals surface area (Å²) in [4.78, 5) is 19.9. The zero-order chi connectivity index (χ0) is 30.5. The van der Waals surface area contributed by atoms with Gasteiger partial charge in [0.2, 0.25) is 5.95 Å². The second-order valence-electron chi connectivity index (χ2n) is 8.16. The molecule has 1 atom stereocenters. The molecule has 0 aliphatic rings. The number of hydrazine groups is 1. The minimum atomic E-state index is -5.17. The van der Waals surface area contributed by atoms with Crippen LogP contribution in [0.2, 0.25) is 10.0 Å². The highest BCUT2D eigenvalue weighted by atomic mass is 35.5. The molecule has 1 aromatic heterocycles. The van der Waals surface area contributed by atoms with E-state index in [1.165, 1.54) is 18.5 Å². The highest BCUT2D eigenvalue weighted by molar-refractivity contribution is 6.37. The number of carbonyl (C=O) groups is 1. The zero-order valence-electron chi connectivity index (χ0n) is 20.8. The molecule has 1 unspecified atom stereocenters. The molecule has 0 saturated heterocycles. The first-order valence-electron chi connectivity index (χ1n) is 11.4. The summed E-state index contributed by atoms with van der Waals surface area (Å²) in [5.41, 5.74) is 0.231. The molecule has 218 valence electrons. The number of alkyl halides is 6. The summed E-state index contributed by atoms with van der Waals surface area (Å²) in [5, 5.41) is -0.531. The van der Waals surface area contributed by atoms with Crippen LogP contribution in [0, 0.1) is 0 Å². The summed E-state index contributed by atoms with van der Waals surface area (Å²) in [7, 11) is 0. The highest BCUT2D eigenvalue weighted by Gasteiger charge is 2.41. The van der Waals surface area contributed by atoms with E-state index in [1.807, 2.05) is 5.43 Å². The summed E-state index contributed by atoms with van der Waals surface area (Å²) >= 11 is 12.2. The van der Waals surface area contributed by atoms with Gasteiger partial charge in [-0.25, -0.2) is 14.4 Å². The second kappa shape index (κ2) is 12.8. The fourth-order valence-electron chi connectivity index (χ4n) is 3.58. The maximum Gasteiger partial charge on any atom is 0.417 e. The number of ether oxygens (including phenoxy) is 1. The molecule has 0 aliphatic heterocycles. The Labute approximate surface area is 238 Å². The molecule has 1 amide bonds. The Hall–Kier alpha value is -3.84. The first kappa shape index (κ1) is 31.7. The SMILES string of the molecule is C=C(OCC)c1c(Cl)cc(C(C=C(F)c2ccc(C(=O)NNc3ncccn3)c(C(F)(F)F)c2)C(F)(F)F)cc1Cl. The van der Waals surface area contributed by atoms with Gasteiger partial charge >= 0.3 is 12.4 Å². The number of rotatable bonds is 9. The molecule has 15 heteroatoms. The minimum Gasteiger partial charge on any atom is -0.494 e. The number of hydrogen-bond donors (Lipinski definition) is 2. The number of hydrogen-bond acceptors (Lipinski definition) is 5. The van der Waals surface area contributed by atoms with Crippen LogP contribution < -0.4 is 10.9 Å². The van der Waals surface area contributed by atoms with Gasteiger partial charge in [-0.15, -0.1) is 0 Å². The van der Waals surface area contributed by atoms with Crippen LogP contribution >= 0.6 is 23.2 Å². The predicted octanol–water partition coefficient (Wildman–Crippen LogP) is 8.22. The van der Waals surface area contributed by atoms with Crippen LogP contribution in [0.5, 0.6) is 0 Å². The van der Waals surface area contributed by atoms with E-state index in [1.54, 1.807) is 6.92 Å². The van der Waals surface area contributed by atoms with Crippen molar-refractivity contribution in [2.75, 3.05) is 12.0 Å². The van der Waals surface area contributed by atoms with Crippen molar-refractivity contribution in [2.45, 2.75) is 25.2 Å². The van der Waals surface area contributed by atoms with Crippen LogP contribution in [-0.4, -0.2) is 28.7 Å². The smallest absolute Gasteiger partial charge is 0.417 e. The molecular formula is C26H19Cl2F7N4O2. The average molecular weight is 623 g/mol. The molecule has 6 nitrogen and oxygen atoms in total. The van der Waals surface area contributed by atoms with Gasteiger partial charge in [0.05, 0.1) is 33.3 Å². The van der Waals surface area contributed by atoms with Crippen molar-refractivity contribution in [1.29, 1.82) is 0 Å². The van der Waals surface area contributed by atoms with E-state index in [9.17, 15) is 31.1 Å². The van der Waals surface area contributed by atoms with Crippen LogP contribution in [0.15, 0.2) is 61.4 Å². The van der Waals surface area contributed by atoms with Gasteiger partial charge in [0, 0.05) is 18.0 Å². The summed E-state index contributed by atoms with van der Waals surface area (Å²) < 4.78 is 104. The summed E-state index contributed by atoms with van der Waals surface area (Å²) in [6, 6.07) is 4.80. The first-order chi connectivity index (χ1) is 19.1. The van der Waals surface area contributed by atoms with Gasteiger partial charge in [0.1, 0.15) is 17.5 Å². The quantitative estimate of drug-likeness (QED) is 0.143. The van der Waals surface area contributed by atoms with Crippen molar-refractivity contribution >= 4 is 46.6 Å². The number of halogens is 9. The molecule has 2 aromatic carbocycles. The lowest BCUT2D eigenvalue weighted by Crippen LogP contribution is -2.32. The van der Waals surface area contributed by atoms with E-state index in [0.717, 1.165) is 18.2 Å². The number of aromatic nitrogens is 2. The third-order valence-corrected chi connectivity index (χ3v) is 5.98. The van der Waals surface area contributed by atoms with E-state index in [-0.39, 0.29) is 46.1 Å². The maximum atomic E-state index is 15.1. The highest BCUT2D eigenvalue weighted by Crippen LogP contribution is 2.43. The van der Waals surface area contributed by atoms with Crippen molar-refractivity contribution in [3.63, 3.8) is 0 Å². The molecule has 1 heterocycles. The molecule has 0 aliphatic carbocycles. The van der Waals surface area contributed by atoms with Crippen molar-refractivity contribution in [3.05, 3.63) is 99.3 Å². The number of allylic oxidation sites excluding steroid dienone is 1. The first-order valence-corrected chi connectivity index (χ1v) is 12.2. The number of benzene rings is 2. The van der Waals surface area contributed by atoms with E-state index >= 15 is 4.39 Å². The largest absolute Gasteiger partial charge is 0.494 e. The molecule has 0 bridgehead atoms. The number of nitrogens with one attached hydrogen (secondary N) is 2. The van der Waals surface area contributed by atoms with Gasteiger partial charge in [0.25, 0.3) is 5.91 Å². The topological polar surface area (TPSA) is 76.1 Å². The maximum absolute atomic E-state index is 15.1. The monoisotopic (exact) mass is 622 g/mol. The van der Waals surface area contributed by atoms with E-state index in [4.69, 9.17) is 27.9 Å². The van der Waals surface area contributed by atoms with Gasteiger partial charge in [-0.3, -0.25) is 15.6 Å². The Kier molecular flexibility index (Phi) is 9.87. The predicted molar refractivity (Wildman–Crippen MR) is 140 cm³/mol. The van der Waals surface area contributed by atoms with Gasteiger partial charge in [-0.2, -0.15) is 26.3 Å². The Morgan fingerprint density at radius 2 is 1.68 bits per heavy atom. The summed E-state index contributed by atoms with van der Waals surface area (Å²) in [6.45, 7) is 5.41.